The van der Waals surface area contributed by atoms with Gasteiger partial charge in [0, 0.05) is 27.3 Å². The quantitative estimate of drug-likeness (QED) is 0.694. The van der Waals surface area contributed by atoms with Crippen LogP contribution in [0, 0.1) is 0 Å². The average Bonchev–Trinajstić information content (AvgIpc) is 2.92. The first kappa shape index (κ1) is 10.2. The standard InChI is InChI=1S/C14H12BNO2/c17-15(18)11-8-14-10-5-2-1-4-9(10)12-6-3-7-13(11)16(12)14/h1-8,11,13,17-18H. The molecule has 18 heavy (non-hydrogen) atoms. The molecule has 4 rings (SSSR count). The van der Waals surface area contributed by atoms with Crippen LogP contribution in [-0.2, 0) is 0 Å². The van der Waals surface area contributed by atoms with E-state index in [9.17, 15) is 10.0 Å². The van der Waals surface area contributed by atoms with Gasteiger partial charge < -0.3 is 14.6 Å². The van der Waals surface area contributed by atoms with Gasteiger partial charge in [-0.05, 0) is 6.08 Å². The van der Waals surface area contributed by atoms with E-state index < -0.39 is 7.12 Å². The molecule has 0 saturated carbocycles. The van der Waals surface area contributed by atoms with E-state index in [1.165, 1.54) is 10.8 Å². The van der Waals surface area contributed by atoms with E-state index >= 15 is 0 Å². The van der Waals surface area contributed by atoms with Crippen LogP contribution in [0.2, 0.25) is 5.82 Å². The summed E-state index contributed by atoms with van der Waals surface area (Å²) in [5.74, 6) is -0.256. The number of hydrogen-bond acceptors (Lipinski definition) is 2. The molecule has 2 aromatic rings. The predicted octanol–water partition coefficient (Wildman–Crippen LogP) is 0.170. The molecule has 0 aliphatic carbocycles. The van der Waals surface area contributed by atoms with Crippen LogP contribution in [0.15, 0.2) is 36.4 Å². The van der Waals surface area contributed by atoms with Crippen LogP contribution < -0.4 is 10.7 Å². The van der Waals surface area contributed by atoms with Crippen molar-refractivity contribution in [1.82, 2.24) is 4.57 Å². The highest BCUT2D eigenvalue weighted by Gasteiger charge is 2.35. The summed E-state index contributed by atoms with van der Waals surface area (Å²) in [5, 5.41) is 23.7. The first-order valence-electron chi connectivity index (χ1n) is 6.13. The second kappa shape index (κ2) is 3.37. The van der Waals surface area contributed by atoms with Gasteiger partial charge in [-0.15, -0.1) is 0 Å². The Morgan fingerprint density at radius 1 is 1.06 bits per heavy atom. The smallest absolute Gasteiger partial charge is 0.427 e. The predicted molar refractivity (Wildman–Crippen MR) is 72.2 cm³/mol. The number of rotatable bonds is 1. The van der Waals surface area contributed by atoms with E-state index in [0.29, 0.717) is 0 Å². The highest BCUT2D eigenvalue weighted by atomic mass is 16.4. The fourth-order valence-corrected chi connectivity index (χ4v) is 3.17. The van der Waals surface area contributed by atoms with Crippen molar-refractivity contribution in [3.63, 3.8) is 0 Å². The molecule has 0 amide bonds. The van der Waals surface area contributed by atoms with Gasteiger partial charge in [-0.3, -0.25) is 0 Å². The Labute approximate surface area is 104 Å². The summed E-state index contributed by atoms with van der Waals surface area (Å²) in [7, 11) is -1.32. The Bertz CT molecular complexity index is 788. The molecule has 2 unspecified atom stereocenters. The average molecular weight is 237 g/mol. The number of allylic oxidation sites excluding steroid dienone is 2. The lowest BCUT2D eigenvalue weighted by Gasteiger charge is -2.20. The summed E-state index contributed by atoms with van der Waals surface area (Å²) in [6.45, 7) is 0. The molecule has 0 radical (unpaired) electrons. The molecule has 1 aromatic heterocycles. The van der Waals surface area contributed by atoms with Gasteiger partial charge >= 0.3 is 7.12 Å². The van der Waals surface area contributed by atoms with E-state index in [4.69, 9.17) is 0 Å². The molecule has 2 aliphatic rings. The fraction of sp³-hybridized carbons (Fsp3) is 0.143. The Morgan fingerprint density at radius 3 is 2.50 bits per heavy atom. The molecule has 88 valence electrons. The number of benzene rings is 1. The third kappa shape index (κ3) is 1.12. The summed E-state index contributed by atoms with van der Waals surface area (Å²) < 4.78 is 2.20. The number of hydrogen-bond donors (Lipinski definition) is 2. The molecule has 0 bridgehead atoms. The molecular weight excluding hydrogens is 225 g/mol. The summed E-state index contributed by atoms with van der Waals surface area (Å²) in [6.07, 6.45) is 8.10. The number of aromatic nitrogens is 1. The van der Waals surface area contributed by atoms with Crippen LogP contribution in [0.5, 0.6) is 0 Å². The minimum absolute atomic E-state index is 0.0207. The van der Waals surface area contributed by atoms with E-state index in [2.05, 4.69) is 22.8 Å². The molecule has 2 N–H and O–H groups in total. The Kier molecular flexibility index (Phi) is 1.91. The molecule has 2 atom stereocenters. The van der Waals surface area contributed by atoms with E-state index in [-0.39, 0.29) is 11.9 Å². The molecule has 0 saturated heterocycles. The lowest BCUT2D eigenvalue weighted by atomic mass is 9.69. The fourth-order valence-electron chi connectivity index (χ4n) is 3.17. The molecule has 4 heteroatoms. The topological polar surface area (TPSA) is 45.4 Å². The lowest BCUT2D eigenvalue weighted by molar-refractivity contribution is 0.384. The van der Waals surface area contributed by atoms with Gasteiger partial charge in [0.2, 0.25) is 0 Å². The molecular formula is C14H12BNO2. The van der Waals surface area contributed by atoms with Crippen molar-refractivity contribution in [2.24, 2.45) is 0 Å². The van der Waals surface area contributed by atoms with Gasteiger partial charge in [0.05, 0.1) is 6.04 Å². The maximum atomic E-state index is 9.50. The van der Waals surface area contributed by atoms with Crippen molar-refractivity contribution in [3.05, 3.63) is 47.1 Å². The molecule has 1 aromatic carbocycles. The zero-order valence-electron chi connectivity index (χ0n) is 9.69. The Morgan fingerprint density at radius 2 is 1.78 bits per heavy atom. The maximum absolute atomic E-state index is 9.50. The van der Waals surface area contributed by atoms with Crippen molar-refractivity contribution >= 4 is 30.0 Å². The minimum atomic E-state index is -1.32. The summed E-state index contributed by atoms with van der Waals surface area (Å²) in [6, 6.07) is 8.27. The minimum Gasteiger partial charge on any atom is -0.427 e. The third-order valence-electron chi connectivity index (χ3n) is 3.95. The van der Waals surface area contributed by atoms with Crippen molar-refractivity contribution in [2.45, 2.75) is 11.9 Å². The van der Waals surface area contributed by atoms with Gasteiger partial charge in [0.25, 0.3) is 0 Å². The summed E-state index contributed by atoms with van der Waals surface area (Å²) in [4.78, 5) is 0. The number of fused-ring (bicyclic) bond motifs is 3. The SMILES string of the molecule is OB(O)C1C=c2c3ccccc3c3n2C1C=CC=3. The van der Waals surface area contributed by atoms with E-state index in [0.717, 1.165) is 10.7 Å². The second-order valence-electron chi connectivity index (χ2n) is 4.89. The number of nitrogens with zero attached hydrogens (tertiary/aromatic N) is 1. The first-order valence-corrected chi connectivity index (χ1v) is 6.13. The largest absolute Gasteiger partial charge is 0.461 e. The third-order valence-corrected chi connectivity index (χ3v) is 3.95. The normalized spacial score (nSPS) is 23.7. The maximum Gasteiger partial charge on any atom is 0.461 e. The Hall–Kier alpha value is -1.78. The van der Waals surface area contributed by atoms with E-state index in [1.807, 2.05) is 30.4 Å². The van der Waals surface area contributed by atoms with Crippen LogP contribution in [0.25, 0.3) is 22.9 Å². The summed E-state index contributed by atoms with van der Waals surface area (Å²) in [5.41, 5.74) is 0. The highest BCUT2D eigenvalue weighted by Crippen LogP contribution is 2.32. The van der Waals surface area contributed by atoms with Crippen LogP contribution in [0.4, 0.5) is 0 Å². The van der Waals surface area contributed by atoms with Crippen molar-refractivity contribution in [3.8, 4) is 0 Å². The van der Waals surface area contributed by atoms with Crippen LogP contribution in [0.3, 0.4) is 0 Å². The van der Waals surface area contributed by atoms with Gasteiger partial charge in [0.1, 0.15) is 0 Å². The monoisotopic (exact) mass is 237 g/mol. The van der Waals surface area contributed by atoms with Crippen LogP contribution in [-0.4, -0.2) is 21.7 Å². The highest BCUT2D eigenvalue weighted by molar-refractivity contribution is 6.45. The molecule has 2 aliphatic heterocycles. The molecule has 0 fully saturated rings. The molecule has 3 heterocycles. The lowest BCUT2D eigenvalue weighted by Crippen LogP contribution is -2.31. The zero-order chi connectivity index (χ0) is 12.3. The van der Waals surface area contributed by atoms with Gasteiger partial charge in [-0.25, -0.2) is 0 Å². The van der Waals surface area contributed by atoms with Gasteiger partial charge in [-0.2, -0.15) is 0 Å². The van der Waals surface area contributed by atoms with Crippen LogP contribution >= 0.6 is 0 Å². The van der Waals surface area contributed by atoms with Crippen LogP contribution in [0.1, 0.15) is 6.04 Å². The second-order valence-corrected chi connectivity index (χ2v) is 4.89. The zero-order valence-corrected chi connectivity index (χ0v) is 9.69. The summed E-state index contributed by atoms with van der Waals surface area (Å²) >= 11 is 0. The van der Waals surface area contributed by atoms with Crippen molar-refractivity contribution in [1.29, 1.82) is 0 Å². The Balaban J connectivity index is 2.17. The molecule has 0 spiro atoms. The van der Waals surface area contributed by atoms with Crippen molar-refractivity contribution < 1.29 is 10.0 Å². The van der Waals surface area contributed by atoms with Crippen molar-refractivity contribution in [2.75, 3.05) is 0 Å². The first-order chi connectivity index (χ1) is 8.77. The molecule has 3 nitrogen and oxygen atoms in total. The van der Waals surface area contributed by atoms with E-state index in [1.54, 1.807) is 0 Å². The van der Waals surface area contributed by atoms with Gasteiger partial charge in [0.15, 0.2) is 0 Å². The van der Waals surface area contributed by atoms with Gasteiger partial charge in [-0.1, -0.05) is 42.5 Å².